The van der Waals surface area contributed by atoms with Gasteiger partial charge in [-0.25, -0.2) is 0 Å². The molecular weight excluding hydrogens is 320 g/mol. The Hall–Kier alpha value is -3.15. The minimum atomic E-state index is -0.743. The lowest BCUT2D eigenvalue weighted by Crippen LogP contribution is -2.36. The van der Waals surface area contributed by atoms with E-state index in [9.17, 15) is 14.4 Å². The minimum Gasteiger partial charge on any atom is -0.496 e. The smallest absolute Gasteiger partial charge is 0.313 e. The number of anilines is 1. The fourth-order valence-corrected chi connectivity index (χ4v) is 2.31. The number of hydrogen-bond donors (Lipinski definition) is 1. The zero-order chi connectivity index (χ0) is 18.4. The van der Waals surface area contributed by atoms with E-state index >= 15 is 0 Å². The van der Waals surface area contributed by atoms with Crippen LogP contribution in [0.25, 0.3) is 0 Å². The Morgan fingerprint density at radius 3 is 2.28 bits per heavy atom. The van der Waals surface area contributed by atoms with E-state index in [1.165, 1.54) is 11.8 Å². The van der Waals surface area contributed by atoms with Crippen molar-refractivity contribution in [1.82, 2.24) is 4.90 Å². The van der Waals surface area contributed by atoms with Crippen LogP contribution in [0, 0.1) is 0 Å². The van der Waals surface area contributed by atoms with E-state index in [4.69, 9.17) is 4.74 Å². The topological polar surface area (TPSA) is 75.7 Å². The highest BCUT2D eigenvalue weighted by atomic mass is 16.5. The number of rotatable bonds is 5. The maximum absolute atomic E-state index is 12.2. The summed E-state index contributed by atoms with van der Waals surface area (Å²) in [4.78, 5) is 36.9. The number of likely N-dealkylation sites (N-methyl/N-ethyl adjacent to an activating group) is 1. The van der Waals surface area contributed by atoms with Gasteiger partial charge in [-0.05, 0) is 37.3 Å². The molecule has 1 N–H and O–H groups in total. The summed E-state index contributed by atoms with van der Waals surface area (Å²) >= 11 is 0. The van der Waals surface area contributed by atoms with Crippen LogP contribution in [0.15, 0.2) is 48.5 Å². The second kappa shape index (κ2) is 8.10. The number of benzene rings is 2. The highest BCUT2D eigenvalue weighted by Gasteiger charge is 2.20. The van der Waals surface area contributed by atoms with Gasteiger partial charge in [-0.15, -0.1) is 0 Å². The van der Waals surface area contributed by atoms with Crippen LogP contribution in [0.3, 0.4) is 0 Å². The molecule has 6 nitrogen and oxygen atoms in total. The van der Waals surface area contributed by atoms with Gasteiger partial charge in [0.1, 0.15) is 5.75 Å². The van der Waals surface area contributed by atoms with Crippen LogP contribution in [-0.2, 0) is 16.1 Å². The molecule has 2 amide bonds. The predicted octanol–water partition coefficient (Wildman–Crippen LogP) is 2.49. The molecule has 0 atom stereocenters. The van der Waals surface area contributed by atoms with Gasteiger partial charge < -0.3 is 15.0 Å². The van der Waals surface area contributed by atoms with E-state index in [1.54, 1.807) is 44.5 Å². The molecule has 0 spiro atoms. The molecule has 0 aromatic heterocycles. The lowest BCUT2D eigenvalue weighted by atomic mass is 10.1. The molecule has 0 aliphatic rings. The molecule has 130 valence electrons. The first-order chi connectivity index (χ1) is 11.9. The van der Waals surface area contributed by atoms with Crippen molar-refractivity contribution < 1.29 is 19.1 Å². The van der Waals surface area contributed by atoms with E-state index in [0.717, 1.165) is 5.56 Å². The summed E-state index contributed by atoms with van der Waals surface area (Å²) in [5.74, 6) is -0.817. The number of carbonyl (C=O) groups is 3. The summed E-state index contributed by atoms with van der Waals surface area (Å²) in [7, 11) is 3.10. The number of nitrogens with zero attached hydrogens (tertiary/aromatic N) is 1. The zero-order valence-corrected chi connectivity index (χ0v) is 14.4. The second-order valence-electron chi connectivity index (χ2n) is 5.56. The highest BCUT2D eigenvalue weighted by molar-refractivity contribution is 6.39. The quantitative estimate of drug-likeness (QED) is 0.670. The summed E-state index contributed by atoms with van der Waals surface area (Å²) in [5, 5.41) is 2.53. The Labute approximate surface area is 146 Å². The first kappa shape index (κ1) is 18.2. The molecular formula is C19H20N2O4. The average molecular weight is 340 g/mol. The number of ether oxygens (including phenoxy) is 1. The molecule has 0 bridgehead atoms. The molecule has 2 aromatic carbocycles. The Morgan fingerprint density at radius 2 is 1.68 bits per heavy atom. The van der Waals surface area contributed by atoms with Crippen LogP contribution in [0.2, 0.25) is 0 Å². The molecule has 6 heteroatoms. The summed E-state index contributed by atoms with van der Waals surface area (Å²) in [6, 6.07) is 13.7. The third-order valence-electron chi connectivity index (χ3n) is 3.69. The fourth-order valence-electron chi connectivity index (χ4n) is 2.31. The van der Waals surface area contributed by atoms with E-state index in [2.05, 4.69) is 5.32 Å². The first-order valence-electron chi connectivity index (χ1n) is 7.71. The van der Waals surface area contributed by atoms with Crippen molar-refractivity contribution in [1.29, 1.82) is 0 Å². The molecule has 2 rings (SSSR count). The number of amides is 2. The first-order valence-corrected chi connectivity index (χ1v) is 7.71. The molecule has 0 aliphatic heterocycles. The third-order valence-corrected chi connectivity index (χ3v) is 3.69. The van der Waals surface area contributed by atoms with Crippen molar-refractivity contribution in [3.8, 4) is 5.75 Å². The molecule has 2 aromatic rings. The van der Waals surface area contributed by atoms with E-state index in [1.807, 2.05) is 18.2 Å². The predicted molar refractivity (Wildman–Crippen MR) is 94.5 cm³/mol. The highest BCUT2D eigenvalue weighted by Crippen LogP contribution is 2.19. The van der Waals surface area contributed by atoms with Crippen molar-refractivity contribution in [2.24, 2.45) is 0 Å². The van der Waals surface area contributed by atoms with Gasteiger partial charge in [0.05, 0.1) is 7.11 Å². The fraction of sp³-hybridized carbons (Fsp3) is 0.211. The third kappa shape index (κ3) is 4.67. The lowest BCUT2D eigenvalue weighted by molar-refractivity contribution is -0.142. The van der Waals surface area contributed by atoms with Crippen LogP contribution >= 0.6 is 0 Å². The number of Topliss-reactive ketones (excluding diaryl/α,β-unsaturated/α-hetero) is 1. The van der Waals surface area contributed by atoms with Crippen molar-refractivity contribution in [2.45, 2.75) is 13.5 Å². The molecule has 0 aliphatic carbocycles. The van der Waals surface area contributed by atoms with Crippen molar-refractivity contribution >= 4 is 23.3 Å². The van der Waals surface area contributed by atoms with Crippen molar-refractivity contribution in [3.05, 3.63) is 59.7 Å². The Morgan fingerprint density at radius 1 is 1.04 bits per heavy atom. The van der Waals surface area contributed by atoms with Gasteiger partial charge in [0.15, 0.2) is 5.78 Å². The Balaban J connectivity index is 2.01. The van der Waals surface area contributed by atoms with Gasteiger partial charge in [-0.1, -0.05) is 18.2 Å². The number of ketones is 1. The molecule has 0 fully saturated rings. The SMILES string of the molecule is COc1ccccc1CN(C)C(=O)C(=O)Nc1ccc(C(C)=O)cc1. The van der Waals surface area contributed by atoms with Gasteiger partial charge in [0.25, 0.3) is 0 Å². The minimum absolute atomic E-state index is 0.0644. The van der Waals surface area contributed by atoms with Gasteiger partial charge in [0.2, 0.25) is 0 Å². The van der Waals surface area contributed by atoms with E-state index < -0.39 is 11.8 Å². The molecule has 0 unspecified atom stereocenters. The van der Waals surface area contributed by atoms with Gasteiger partial charge in [-0.2, -0.15) is 0 Å². The molecule has 0 radical (unpaired) electrons. The zero-order valence-electron chi connectivity index (χ0n) is 14.4. The summed E-state index contributed by atoms with van der Waals surface area (Å²) in [6.45, 7) is 1.71. The van der Waals surface area contributed by atoms with E-state index in [-0.39, 0.29) is 12.3 Å². The lowest BCUT2D eigenvalue weighted by Gasteiger charge is -2.18. The van der Waals surface area contributed by atoms with Crippen LogP contribution < -0.4 is 10.1 Å². The van der Waals surface area contributed by atoms with Gasteiger partial charge in [-0.3, -0.25) is 14.4 Å². The number of nitrogens with one attached hydrogen (secondary N) is 1. The molecule has 0 saturated heterocycles. The van der Waals surface area contributed by atoms with Crippen LogP contribution in [-0.4, -0.2) is 36.7 Å². The van der Waals surface area contributed by atoms with E-state index in [0.29, 0.717) is 17.0 Å². The van der Waals surface area contributed by atoms with Crippen LogP contribution in [0.1, 0.15) is 22.8 Å². The van der Waals surface area contributed by atoms with Gasteiger partial charge >= 0.3 is 11.8 Å². The summed E-state index contributed by atoms with van der Waals surface area (Å²) in [5.41, 5.74) is 1.80. The molecule has 0 heterocycles. The standard InChI is InChI=1S/C19H20N2O4/c1-13(22)14-8-10-16(11-9-14)20-18(23)19(24)21(2)12-15-6-4-5-7-17(15)25-3/h4-11H,12H2,1-3H3,(H,20,23). The number of hydrogen-bond acceptors (Lipinski definition) is 4. The monoisotopic (exact) mass is 340 g/mol. The van der Waals surface area contributed by atoms with Gasteiger partial charge in [0, 0.05) is 30.4 Å². The van der Waals surface area contributed by atoms with Crippen molar-refractivity contribution in [3.63, 3.8) is 0 Å². The number of methoxy groups -OCH3 is 1. The van der Waals surface area contributed by atoms with Crippen LogP contribution in [0.5, 0.6) is 5.75 Å². The molecule has 0 saturated carbocycles. The van der Waals surface area contributed by atoms with Crippen molar-refractivity contribution in [2.75, 3.05) is 19.5 Å². The summed E-state index contributed by atoms with van der Waals surface area (Å²) in [6.07, 6.45) is 0. The second-order valence-corrected chi connectivity index (χ2v) is 5.56. The maximum atomic E-state index is 12.2. The largest absolute Gasteiger partial charge is 0.496 e. The normalized spacial score (nSPS) is 10.0. The average Bonchev–Trinajstić information content (AvgIpc) is 2.61. The Bertz CT molecular complexity index is 784. The summed E-state index contributed by atoms with van der Waals surface area (Å²) < 4.78 is 5.25. The maximum Gasteiger partial charge on any atom is 0.313 e. The number of para-hydroxylation sites is 1. The van der Waals surface area contributed by atoms with Crippen LogP contribution in [0.4, 0.5) is 5.69 Å². The molecule has 25 heavy (non-hydrogen) atoms. The Kier molecular flexibility index (Phi) is 5.89. The number of carbonyl (C=O) groups excluding carboxylic acids is 3.